The third-order valence-corrected chi connectivity index (χ3v) is 10.9. The van der Waals surface area contributed by atoms with E-state index < -0.39 is 32.5 Å². The highest BCUT2D eigenvalue weighted by Gasteiger charge is 2.26. The van der Waals surface area contributed by atoms with Crippen LogP contribution in [0.15, 0.2) is 109 Å². The van der Waals surface area contributed by atoms with Crippen molar-refractivity contribution in [1.29, 1.82) is 0 Å². The number of carbonyl (C=O) groups is 2. The zero-order valence-corrected chi connectivity index (χ0v) is 41.1. The van der Waals surface area contributed by atoms with E-state index in [0.29, 0.717) is 12.8 Å². The molecule has 0 fully saturated rings. The van der Waals surface area contributed by atoms with Crippen LogP contribution in [0.25, 0.3) is 0 Å². The van der Waals surface area contributed by atoms with Gasteiger partial charge in [-0.3, -0.25) is 18.6 Å². The zero-order chi connectivity index (χ0) is 46.7. The normalized spacial score (nSPS) is 14.1. The summed E-state index contributed by atoms with van der Waals surface area (Å²) in [7, 11) is -4.40. The van der Waals surface area contributed by atoms with E-state index in [1.807, 2.05) is 0 Å². The molecule has 9 nitrogen and oxygen atoms in total. The van der Waals surface area contributed by atoms with E-state index in [0.717, 1.165) is 109 Å². The third kappa shape index (κ3) is 48.1. The second-order valence-corrected chi connectivity index (χ2v) is 17.4. The van der Waals surface area contributed by atoms with E-state index in [1.54, 1.807) is 0 Å². The van der Waals surface area contributed by atoms with Crippen LogP contribution in [0.2, 0.25) is 0 Å². The molecule has 0 rings (SSSR count). The van der Waals surface area contributed by atoms with E-state index in [1.165, 1.54) is 38.5 Å². The topological polar surface area (TPSA) is 134 Å². The summed E-state index contributed by atoms with van der Waals surface area (Å²) in [4.78, 5) is 35.0. The molecule has 2 atom stereocenters. The quantitative estimate of drug-likeness (QED) is 0.0265. The molecule has 0 aromatic rings. The SMILES string of the molecule is CC/C=C\C/C=C\C/C=C\C/C=C\C/C=C\C/C=C\C/C=C\C/C=C\CCCCCCC(=O)OC(COC(=O)CCCCCCC/C=C\CCCCCCC)COP(=O)(O)OCCN. The van der Waals surface area contributed by atoms with Crippen molar-refractivity contribution in [3.8, 4) is 0 Å². The lowest BCUT2D eigenvalue weighted by atomic mass is 10.1. The van der Waals surface area contributed by atoms with Gasteiger partial charge < -0.3 is 20.1 Å². The minimum Gasteiger partial charge on any atom is -0.462 e. The van der Waals surface area contributed by atoms with Gasteiger partial charge in [0.2, 0.25) is 0 Å². The number of allylic oxidation sites excluding steroid dienone is 18. The molecule has 0 amide bonds. The molecule has 0 radical (unpaired) electrons. The summed E-state index contributed by atoms with van der Waals surface area (Å²) in [6.45, 7) is 3.55. The molecule has 64 heavy (non-hydrogen) atoms. The van der Waals surface area contributed by atoms with Gasteiger partial charge in [0.05, 0.1) is 13.2 Å². The summed E-state index contributed by atoms with van der Waals surface area (Å²) >= 11 is 0. The van der Waals surface area contributed by atoms with Crippen LogP contribution in [0, 0.1) is 0 Å². The Bertz CT molecular complexity index is 1410. The number of esters is 2. The van der Waals surface area contributed by atoms with Gasteiger partial charge in [-0.25, -0.2) is 4.57 Å². The molecular weight excluding hydrogens is 822 g/mol. The third-order valence-electron chi connectivity index (χ3n) is 9.89. The van der Waals surface area contributed by atoms with E-state index in [-0.39, 0.29) is 32.6 Å². The molecule has 0 saturated carbocycles. The summed E-state index contributed by atoms with van der Waals surface area (Å²) in [6.07, 6.45) is 65.5. The number of hydrogen-bond acceptors (Lipinski definition) is 8. The number of rotatable bonds is 45. The fourth-order valence-electron chi connectivity index (χ4n) is 6.23. The van der Waals surface area contributed by atoms with Crippen molar-refractivity contribution in [1.82, 2.24) is 0 Å². The Hall–Kier alpha value is -3.33. The Morgan fingerprint density at radius 2 is 0.859 bits per heavy atom. The summed E-state index contributed by atoms with van der Waals surface area (Å²) < 4.78 is 32.8. The van der Waals surface area contributed by atoms with Gasteiger partial charge in [0.15, 0.2) is 6.10 Å². The van der Waals surface area contributed by atoms with Crippen molar-refractivity contribution in [3.05, 3.63) is 109 Å². The smallest absolute Gasteiger partial charge is 0.462 e. The maximum absolute atomic E-state index is 12.6. The molecule has 3 N–H and O–H groups in total. The maximum atomic E-state index is 12.6. The largest absolute Gasteiger partial charge is 0.472 e. The first-order valence-corrected chi connectivity index (χ1v) is 26.4. The Labute approximate surface area is 390 Å². The Morgan fingerprint density at radius 1 is 0.484 bits per heavy atom. The summed E-state index contributed by atoms with van der Waals surface area (Å²) in [5.74, 6) is -0.877. The van der Waals surface area contributed by atoms with Gasteiger partial charge in [0.1, 0.15) is 6.61 Å². The molecule has 2 unspecified atom stereocenters. The summed E-state index contributed by atoms with van der Waals surface area (Å²) in [5.41, 5.74) is 5.36. The van der Waals surface area contributed by atoms with Crippen LogP contribution >= 0.6 is 7.82 Å². The Balaban J connectivity index is 4.16. The lowest BCUT2D eigenvalue weighted by Gasteiger charge is -2.19. The van der Waals surface area contributed by atoms with E-state index >= 15 is 0 Å². The molecule has 364 valence electrons. The zero-order valence-electron chi connectivity index (χ0n) is 40.2. The van der Waals surface area contributed by atoms with Crippen LogP contribution in [0.5, 0.6) is 0 Å². The minimum atomic E-state index is -4.40. The van der Waals surface area contributed by atoms with Gasteiger partial charge in [-0.1, -0.05) is 181 Å². The van der Waals surface area contributed by atoms with Crippen LogP contribution in [0.3, 0.4) is 0 Å². The van der Waals surface area contributed by atoms with Crippen molar-refractivity contribution >= 4 is 19.8 Å². The number of carbonyl (C=O) groups excluding carboxylic acids is 2. The fourth-order valence-corrected chi connectivity index (χ4v) is 7.00. The predicted molar refractivity (Wildman–Crippen MR) is 270 cm³/mol. The Kier molecular flexibility index (Phi) is 46.6. The lowest BCUT2D eigenvalue weighted by Crippen LogP contribution is -2.29. The number of phosphoric acid groups is 1. The monoisotopic (exact) mass is 912 g/mol. The average Bonchev–Trinajstić information content (AvgIpc) is 3.28. The molecular formula is C54H90NO8P. The first kappa shape index (κ1) is 60.7. The second kappa shape index (κ2) is 49.1. The number of unbranched alkanes of at least 4 members (excludes halogenated alkanes) is 14. The van der Waals surface area contributed by atoms with Crippen LogP contribution in [-0.2, 0) is 32.7 Å². The van der Waals surface area contributed by atoms with Gasteiger partial charge in [0, 0.05) is 19.4 Å². The van der Waals surface area contributed by atoms with Gasteiger partial charge in [-0.15, -0.1) is 0 Å². The highest BCUT2D eigenvalue weighted by Crippen LogP contribution is 2.43. The molecule has 0 aliphatic carbocycles. The summed E-state index contributed by atoms with van der Waals surface area (Å²) in [5, 5.41) is 0. The average molecular weight is 912 g/mol. The van der Waals surface area contributed by atoms with Crippen LogP contribution in [-0.4, -0.2) is 49.3 Å². The second-order valence-electron chi connectivity index (χ2n) is 15.9. The van der Waals surface area contributed by atoms with Crippen molar-refractivity contribution in [2.75, 3.05) is 26.4 Å². The van der Waals surface area contributed by atoms with Crippen molar-refractivity contribution in [2.24, 2.45) is 5.73 Å². The number of nitrogens with two attached hydrogens (primary N) is 1. The van der Waals surface area contributed by atoms with Crippen molar-refractivity contribution in [2.45, 2.75) is 193 Å². The van der Waals surface area contributed by atoms with Crippen LogP contribution in [0.1, 0.15) is 187 Å². The minimum absolute atomic E-state index is 0.0419. The highest BCUT2D eigenvalue weighted by molar-refractivity contribution is 7.47. The molecule has 0 saturated heterocycles. The van der Waals surface area contributed by atoms with Crippen molar-refractivity contribution < 1.29 is 37.6 Å². The maximum Gasteiger partial charge on any atom is 0.472 e. The first-order valence-electron chi connectivity index (χ1n) is 24.9. The van der Waals surface area contributed by atoms with Gasteiger partial charge >= 0.3 is 19.8 Å². The molecule has 0 aliphatic rings. The standard InChI is InChI=1S/C54H90NO8P/c1-3-5-7-9-11-13-15-17-19-20-21-22-23-24-25-26-27-28-29-30-31-32-33-35-37-39-41-43-45-47-54(57)63-52(51-62-64(58,59)61-49-48-55)50-60-53(56)46-44-42-40-38-36-34-18-16-14-12-10-8-6-4-2/h5,7,11,13,16-19,21-22,24-25,27-28,30-31,33,35,52H,3-4,6,8-10,12,14-15,20,23,26,29,32,34,36-51,55H2,1-2H3,(H,58,59)/b7-5-,13-11-,18-16-,19-17-,22-21-,25-24-,28-27-,31-30-,35-33-. The predicted octanol–water partition coefficient (Wildman–Crippen LogP) is 15.1. The number of ether oxygens (including phenoxy) is 2. The van der Waals surface area contributed by atoms with Gasteiger partial charge in [-0.2, -0.15) is 0 Å². The highest BCUT2D eigenvalue weighted by atomic mass is 31.2. The van der Waals surface area contributed by atoms with Crippen LogP contribution in [0.4, 0.5) is 0 Å². The van der Waals surface area contributed by atoms with Crippen molar-refractivity contribution in [3.63, 3.8) is 0 Å². The van der Waals surface area contributed by atoms with Gasteiger partial charge in [0.25, 0.3) is 0 Å². The van der Waals surface area contributed by atoms with E-state index in [9.17, 15) is 19.0 Å². The fraction of sp³-hybridized carbons (Fsp3) is 0.630. The Morgan fingerprint density at radius 3 is 1.30 bits per heavy atom. The lowest BCUT2D eigenvalue weighted by molar-refractivity contribution is -0.161. The number of hydrogen-bond donors (Lipinski definition) is 2. The molecule has 0 aliphatic heterocycles. The molecule has 0 bridgehead atoms. The molecule has 0 spiro atoms. The van der Waals surface area contributed by atoms with E-state index in [4.69, 9.17) is 24.3 Å². The van der Waals surface area contributed by atoms with Crippen LogP contribution < -0.4 is 5.73 Å². The first-order chi connectivity index (χ1) is 31.3. The molecule has 10 heteroatoms. The molecule has 0 aromatic carbocycles. The summed E-state index contributed by atoms with van der Waals surface area (Å²) in [6, 6.07) is 0. The number of phosphoric ester groups is 1. The van der Waals surface area contributed by atoms with Gasteiger partial charge in [-0.05, 0) is 103 Å². The van der Waals surface area contributed by atoms with E-state index in [2.05, 4.69) is 123 Å². The molecule has 0 heterocycles. The molecule has 0 aromatic heterocycles.